The van der Waals surface area contributed by atoms with Crippen LogP contribution in [0, 0.1) is 0 Å². The molecule has 0 spiro atoms. The molecule has 12 heteroatoms. The number of nitrogens with zero attached hydrogens (tertiary/aromatic N) is 4. The first-order chi connectivity index (χ1) is 11.6. The monoisotopic (exact) mass is 375 g/mol. The number of anilines is 2. The van der Waals surface area contributed by atoms with Gasteiger partial charge >= 0.3 is 0 Å². The lowest BCUT2D eigenvalue weighted by Crippen LogP contribution is -2.33. The zero-order chi connectivity index (χ0) is 17.3. The van der Waals surface area contributed by atoms with Crippen molar-refractivity contribution in [1.29, 1.82) is 0 Å². The molecule has 1 fully saturated rings. The molecule has 3 rings (SSSR count). The Bertz CT molecular complexity index is 715. The van der Waals surface area contributed by atoms with Crippen molar-refractivity contribution in [2.75, 3.05) is 30.7 Å². The van der Waals surface area contributed by atoms with E-state index < -0.39 is 31.1 Å². The Hall–Kier alpha value is -1.76. The molecule has 1 aliphatic rings. The summed E-state index contributed by atoms with van der Waals surface area (Å²) in [4.78, 5) is 12.4. The van der Waals surface area contributed by atoms with Crippen molar-refractivity contribution >= 4 is 35.3 Å². The molecule has 8 N–H and O–H groups in total. The summed E-state index contributed by atoms with van der Waals surface area (Å²) >= 11 is 0. The highest BCUT2D eigenvalue weighted by atomic mass is 35.5. The molecule has 0 saturated carbocycles. The minimum absolute atomic E-state index is 0. The fourth-order valence-electron chi connectivity index (χ4n) is 2.69. The molecule has 2 aromatic rings. The van der Waals surface area contributed by atoms with Crippen LogP contribution < -0.4 is 16.8 Å². The largest absolute Gasteiger partial charge is 0.394 e. The predicted octanol–water partition coefficient (Wildman–Crippen LogP) is -1.80. The lowest BCUT2D eigenvalue weighted by molar-refractivity contribution is -0.0501. The molecule has 0 aromatic carbocycles. The third-order valence-electron chi connectivity index (χ3n) is 3.94. The first-order valence-corrected chi connectivity index (χ1v) is 7.63. The minimum Gasteiger partial charge on any atom is -0.394 e. The molecular weight excluding hydrogens is 354 g/mol. The van der Waals surface area contributed by atoms with Gasteiger partial charge in [0.2, 0.25) is 5.95 Å². The number of aliphatic hydroxyl groups is 3. The molecule has 0 bridgehead atoms. The van der Waals surface area contributed by atoms with Crippen molar-refractivity contribution in [3.8, 4) is 0 Å². The van der Waals surface area contributed by atoms with Gasteiger partial charge in [-0.05, 0) is 13.0 Å². The second-order valence-corrected chi connectivity index (χ2v) is 5.53. The van der Waals surface area contributed by atoms with Crippen LogP contribution >= 0.6 is 12.4 Å². The van der Waals surface area contributed by atoms with Crippen LogP contribution in [-0.4, -0.2) is 72.8 Å². The van der Waals surface area contributed by atoms with Crippen molar-refractivity contribution in [1.82, 2.24) is 19.5 Å². The Labute approximate surface area is 149 Å². The Morgan fingerprint density at radius 3 is 2.68 bits per heavy atom. The van der Waals surface area contributed by atoms with Crippen LogP contribution in [0.2, 0.25) is 0 Å². The number of imidazole rings is 1. The number of aromatic nitrogens is 4. The summed E-state index contributed by atoms with van der Waals surface area (Å²) in [5.74, 6) is 0.549. The number of aliphatic hydroxyl groups excluding tert-OH is 3. The van der Waals surface area contributed by atoms with E-state index in [1.54, 1.807) is 0 Å². The molecule has 140 valence electrons. The van der Waals surface area contributed by atoms with E-state index in [-0.39, 0.29) is 18.2 Å². The molecular formula is C13H22ClN7O4. The van der Waals surface area contributed by atoms with Crippen LogP contribution in [0.4, 0.5) is 11.8 Å². The summed E-state index contributed by atoms with van der Waals surface area (Å²) in [5.41, 5.74) is 12.0. The van der Waals surface area contributed by atoms with E-state index in [4.69, 9.17) is 16.2 Å². The standard InChI is InChI=1S/C13H21N7O4.ClH/c14-2-1-3-16-13-19-7-10(15)17-5-18-11(7)20(13)12-9(23)8(22)6(4-21)24-12;/h5-6,8-9,12,21-23H,1-4,14H2,(H,16,19)(H2,15,17,18);1H/t6-,8-,9-,12-;/m1./s1. The van der Waals surface area contributed by atoms with Gasteiger partial charge in [0.25, 0.3) is 0 Å². The maximum Gasteiger partial charge on any atom is 0.207 e. The molecule has 0 unspecified atom stereocenters. The number of nitrogens with one attached hydrogen (secondary N) is 1. The molecule has 2 aromatic heterocycles. The lowest BCUT2D eigenvalue weighted by atomic mass is 10.1. The average Bonchev–Trinajstić information content (AvgIpc) is 3.07. The van der Waals surface area contributed by atoms with Gasteiger partial charge in [-0.15, -0.1) is 12.4 Å². The van der Waals surface area contributed by atoms with Gasteiger partial charge in [-0.1, -0.05) is 0 Å². The summed E-state index contributed by atoms with van der Waals surface area (Å²) in [6.45, 7) is 0.624. The van der Waals surface area contributed by atoms with Gasteiger partial charge in [0.05, 0.1) is 6.61 Å². The second kappa shape index (κ2) is 8.08. The molecule has 0 amide bonds. The first-order valence-electron chi connectivity index (χ1n) is 7.63. The van der Waals surface area contributed by atoms with Gasteiger partial charge in [0, 0.05) is 6.54 Å². The van der Waals surface area contributed by atoms with Crippen LogP contribution in [0.1, 0.15) is 12.6 Å². The fraction of sp³-hybridized carbons (Fsp3) is 0.615. The topological polar surface area (TPSA) is 178 Å². The van der Waals surface area contributed by atoms with Gasteiger partial charge in [-0.2, -0.15) is 0 Å². The Morgan fingerprint density at radius 1 is 1.28 bits per heavy atom. The second-order valence-electron chi connectivity index (χ2n) is 5.53. The van der Waals surface area contributed by atoms with Crippen molar-refractivity contribution in [2.24, 2.45) is 5.73 Å². The van der Waals surface area contributed by atoms with Crippen LogP contribution in [0.3, 0.4) is 0 Å². The van der Waals surface area contributed by atoms with Crippen LogP contribution in [0.5, 0.6) is 0 Å². The number of ether oxygens (including phenoxy) is 1. The molecule has 0 aliphatic carbocycles. The van der Waals surface area contributed by atoms with E-state index in [0.717, 1.165) is 0 Å². The number of halogens is 1. The highest BCUT2D eigenvalue weighted by Crippen LogP contribution is 2.34. The maximum absolute atomic E-state index is 10.3. The SMILES string of the molecule is Cl.NCCCNc1nc2c(N)ncnc2n1[C@@H]1O[C@H](CO)[C@@H](O)[C@H]1O. The number of nitrogens with two attached hydrogens (primary N) is 2. The molecule has 4 atom stereocenters. The summed E-state index contributed by atoms with van der Waals surface area (Å²) in [6, 6.07) is 0. The van der Waals surface area contributed by atoms with Gasteiger partial charge in [0.15, 0.2) is 23.2 Å². The Balaban J connectivity index is 0.00000225. The summed E-state index contributed by atoms with van der Waals surface area (Å²) in [5, 5.41) is 32.7. The third kappa shape index (κ3) is 3.47. The Morgan fingerprint density at radius 2 is 2.04 bits per heavy atom. The smallest absolute Gasteiger partial charge is 0.207 e. The van der Waals surface area contributed by atoms with E-state index in [2.05, 4.69) is 20.3 Å². The zero-order valence-corrected chi connectivity index (χ0v) is 14.1. The van der Waals surface area contributed by atoms with E-state index in [1.165, 1.54) is 10.9 Å². The zero-order valence-electron chi connectivity index (χ0n) is 13.3. The third-order valence-corrected chi connectivity index (χ3v) is 3.94. The average molecular weight is 376 g/mol. The van der Waals surface area contributed by atoms with Crippen molar-refractivity contribution in [3.63, 3.8) is 0 Å². The van der Waals surface area contributed by atoms with Gasteiger partial charge in [-0.3, -0.25) is 4.57 Å². The molecule has 25 heavy (non-hydrogen) atoms. The highest BCUT2D eigenvalue weighted by molar-refractivity contribution is 5.85. The molecule has 3 heterocycles. The first kappa shape index (κ1) is 19.6. The van der Waals surface area contributed by atoms with Crippen LogP contribution in [0.25, 0.3) is 11.2 Å². The number of rotatable bonds is 6. The molecule has 1 saturated heterocycles. The molecule has 0 radical (unpaired) electrons. The minimum atomic E-state index is -1.26. The van der Waals surface area contributed by atoms with E-state index in [1.807, 2.05) is 0 Å². The van der Waals surface area contributed by atoms with Crippen molar-refractivity contribution in [3.05, 3.63) is 6.33 Å². The number of nitrogen functional groups attached to an aromatic ring is 1. The quantitative estimate of drug-likeness (QED) is 0.315. The van der Waals surface area contributed by atoms with Gasteiger partial charge in [-0.25, -0.2) is 15.0 Å². The Kier molecular flexibility index (Phi) is 6.32. The summed E-state index contributed by atoms with van der Waals surface area (Å²) in [7, 11) is 0. The van der Waals surface area contributed by atoms with E-state index >= 15 is 0 Å². The van der Waals surface area contributed by atoms with Gasteiger partial charge < -0.3 is 36.8 Å². The maximum atomic E-state index is 10.3. The summed E-state index contributed by atoms with van der Waals surface area (Å²) in [6.07, 6.45) is -2.38. The van der Waals surface area contributed by atoms with Crippen molar-refractivity contribution in [2.45, 2.75) is 31.0 Å². The number of hydrogen-bond acceptors (Lipinski definition) is 10. The van der Waals surface area contributed by atoms with Crippen LogP contribution in [0.15, 0.2) is 6.33 Å². The van der Waals surface area contributed by atoms with Gasteiger partial charge in [0.1, 0.15) is 24.6 Å². The summed E-state index contributed by atoms with van der Waals surface area (Å²) < 4.78 is 7.09. The molecule has 1 aliphatic heterocycles. The predicted molar refractivity (Wildman–Crippen MR) is 92.2 cm³/mol. The van der Waals surface area contributed by atoms with E-state index in [9.17, 15) is 15.3 Å². The van der Waals surface area contributed by atoms with Crippen LogP contribution in [-0.2, 0) is 4.74 Å². The number of hydrogen-bond donors (Lipinski definition) is 6. The number of fused-ring (bicyclic) bond motifs is 1. The molecule has 11 nitrogen and oxygen atoms in total. The van der Waals surface area contributed by atoms with Crippen molar-refractivity contribution < 1.29 is 20.1 Å². The highest BCUT2D eigenvalue weighted by Gasteiger charge is 2.45. The normalized spacial score (nSPS) is 25.9. The fourth-order valence-corrected chi connectivity index (χ4v) is 2.69. The lowest BCUT2D eigenvalue weighted by Gasteiger charge is -2.19. The van der Waals surface area contributed by atoms with E-state index in [0.29, 0.717) is 36.6 Å².